The normalized spacial score (nSPS) is 13.6. The number of carbonyl (C=O) groups is 2. The number of rotatable bonds is 9. The first kappa shape index (κ1) is 24.5. The highest BCUT2D eigenvalue weighted by Gasteiger charge is 2.28. The van der Waals surface area contributed by atoms with Crippen molar-refractivity contribution < 1.29 is 18.0 Å². The molecule has 0 atom stereocenters. The largest absolute Gasteiger partial charge is 0.350 e. The smallest absolute Gasteiger partial charge is 0.264 e. The number of nitrogens with zero attached hydrogens (tertiary/aromatic N) is 2. The van der Waals surface area contributed by atoms with E-state index in [2.05, 4.69) is 5.32 Å². The van der Waals surface area contributed by atoms with Crippen LogP contribution in [0.25, 0.3) is 0 Å². The van der Waals surface area contributed by atoms with Gasteiger partial charge in [-0.15, -0.1) is 0 Å². The van der Waals surface area contributed by atoms with E-state index in [9.17, 15) is 18.0 Å². The summed E-state index contributed by atoms with van der Waals surface area (Å²) >= 11 is 0. The first-order chi connectivity index (χ1) is 16.9. The third-order valence-corrected chi connectivity index (χ3v) is 7.82. The molecule has 4 rings (SSSR count). The van der Waals surface area contributed by atoms with Gasteiger partial charge in [0.25, 0.3) is 10.0 Å². The van der Waals surface area contributed by atoms with E-state index in [4.69, 9.17) is 0 Å². The Balaban J connectivity index is 1.54. The Morgan fingerprint density at radius 3 is 2.46 bits per heavy atom. The van der Waals surface area contributed by atoms with Crippen LogP contribution in [0, 0.1) is 0 Å². The lowest BCUT2D eigenvalue weighted by atomic mass is 10.1. The fraction of sp³-hybridized carbons (Fsp3) is 0.259. The number of anilines is 2. The van der Waals surface area contributed by atoms with E-state index in [1.54, 1.807) is 35.2 Å². The highest BCUT2D eigenvalue weighted by molar-refractivity contribution is 7.92. The molecule has 1 aliphatic heterocycles. The Kier molecular flexibility index (Phi) is 7.51. The van der Waals surface area contributed by atoms with Gasteiger partial charge in [-0.3, -0.25) is 13.9 Å². The zero-order chi connectivity index (χ0) is 24.8. The van der Waals surface area contributed by atoms with Crippen molar-refractivity contribution in [2.75, 3.05) is 22.3 Å². The summed E-state index contributed by atoms with van der Waals surface area (Å²) in [4.78, 5) is 26.9. The average molecular weight is 492 g/mol. The number of aryl methyl sites for hydroxylation is 1. The molecule has 1 saturated heterocycles. The third kappa shape index (κ3) is 5.54. The molecule has 8 heteroatoms. The lowest BCUT2D eigenvalue weighted by Crippen LogP contribution is -2.41. The molecule has 0 bridgehead atoms. The van der Waals surface area contributed by atoms with E-state index < -0.39 is 15.9 Å². The molecule has 1 fully saturated rings. The molecule has 0 aliphatic carbocycles. The second-order valence-corrected chi connectivity index (χ2v) is 10.3. The van der Waals surface area contributed by atoms with Crippen molar-refractivity contribution in [3.05, 3.63) is 90.0 Å². The third-order valence-electron chi connectivity index (χ3n) is 6.04. The quantitative estimate of drug-likeness (QED) is 0.492. The zero-order valence-corrected chi connectivity index (χ0v) is 20.5. The number of para-hydroxylation sites is 1. The van der Waals surface area contributed by atoms with Crippen LogP contribution in [0.5, 0.6) is 0 Å². The molecule has 0 spiro atoms. The molecule has 3 aromatic carbocycles. The summed E-state index contributed by atoms with van der Waals surface area (Å²) in [7, 11) is -3.96. The highest BCUT2D eigenvalue weighted by Crippen LogP contribution is 2.27. The summed E-state index contributed by atoms with van der Waals surface area (Å²) in [6.07, 6.45) is 2.01. The van der Waals surface area contributed by atoms with Gasteiger partial charge in [-0.1, -0.05) is 55.5 Å². The van der Waals surface area contributed by atoms with Gasteiger partial charge in [0, 0.05) is 25.2 Å². The lowest BCUT2D eigenvalue weighted by molar-refractivity contribution is -0.120. The Morgan fingerprint density at radius 2 is 1.74 bits per heavy atom. The van der Waals surface area contributed by atoms with Crippen LogP contribution in [0.2, 0.25) is 0 Å². The standard InChI is InChI=1S/C27H29N3O4S/c1-2-22-11-6-7-15-25(22)30(35(33,34)24-13-4-3-5-14-24)20-26(31)28-19-21-10-8-12-23(18-21)29-17-9-16-27(29)32/h3-8,10-15,18H,2,9,16-17,19-20H2,1H3,(H,28,31). The van der Waals surface area contributed by atoms with Crippen molar-refractivity contribution in [2.45, 2.75) is 37.6 Å². The topological polar surface area (TPSA) is 86.8 Å². The fourth-order valence-corrected chi connectivity index (χ4v) is 5.69. The Bertz CT molecular complexity index is 1310. The van der Waals surface area contributed by atoms with Crippen LogP contribution in [0.4, 0.5) is 11.4 Å². The highest BCUT2D eigenvalue weighted by atomic mass is 32.2. The number of nitrogens with one attached hydrogen (secondary N) is 1. The maximum atomic E-state index is 13.5. The van der Waals surface area contributed by atoms with Crippen LogP contribution in [-0.2, 0) is 32.6 Å². The first-order valence-electron chi connectivity index (χ1n) is 11.7. The molecule has 3 aromatic rings. The number of amides is 2. The van der Waals surface area contributed by atoms with Crippen molar-refractivity contribution in [2.24, 2.45) is 0 Å². The molecular weight excluding hydrogens is 462 g/mol. The van der Waals surface area contributed by atoms with Crippen molar-refractivity contribution >= 4 is 33.2 Å². The van der Waals surface area contributed by atoms with Gasteiger partial charge < -0.3 is 10.2 Å². The summed E-state index contributed by atoms with van der Waals surface area (Å²) in [5, 5.41) is 2.84. The maximum Gasteiger partial charge on any atom is 0.264 e. The lowest BCUT2D eigenvalue weighted by Gasteiger charge is -2.26. The minimum Gasteiger partial charge on any atom is -0.350 e. The Morgan fingerprint density at radius 1 is 1.00 bits per heavy atom. The Hall–Kier alpha value is -3.65. The van der Waals surface area contributed by atoms with Crippen molar-refractivity contribution in [3.63, 3.8) is 0 Å². The molecule has 2 amide bonds. The van der Waals surface area contributed by atoms with Crippen LogP contribution < -0.4 is 14.5 Å². The van der Waals surface area contributed by atoms with Crippen molar-refractivity contribution in [3.8, 4) is 0 Å². The molecule has 0 saturated carbocycles. The minimum atomic E-state index is -3.96. The number of benzene rings is 3. The SMILES string of the molecule is CCc1ccccc1N(CC(=O)NCc1cccc(N2CCCC2=O)c1)S(=O)(=O)c1ccccc1. The summed E-state index contributed by atoms with van der Waals surface area (Å²) in [6.45, 7) is 2.52. The van der Waals surface area contributed by atoms with Crippen LogP contribution in [0.1, 0.15) is 30.9 Å². The van der Waals surface area contributed by atoms with E-state index >= 15 is 0 Å². The predicted octanol–water partition coefficient (Wildman–Crippen LogP) is 3.89. The molecule has 0 radical (unpaired) electrons. The van der Waals surface area contributed by atoms with E-state index in [0.717, 1.165) is 23.2 Å². The van der Waals surface area contributed by atoms with Crippen molar-refractivity contribution in [1.82, 2.24) is 5.32 Å². The van der Waals surface area contributed by atoms with Gasteiger partial charge in [0.05, 0.1) is 10.6 Å². The zero-order valence-electron chi connectivity index (χ0n) is 19.7. The Labute approximate surface area is 206 Å². The maximum absolute atomic E-state index is 13.5. The molecule has 35 heavy (non-hydrogen) atoms. The fourth-order valence-electron chi connectivity index (χ4n) is 4.21. The summed E-state index contributed by atoms with van der Waals surface area (Å²) in [5.74, 6) is -0.319. The van der Waals surface area contributed by atoms with Gasteiger partial charge in [0.15, 0.2) is 0 Å². The molecule has 7 nitrogen and oxygen atoms in total. The van der Waals surface area contributed by atoms with Gasteiger partial charge in [-0.05, 0) is 54.3 Å². The van der Waals surface area contributed by atoms with E-state index in [1.807, 2.05) is 43.3 Å². The van der Waals surface area contributed by atoms with Crippen LogP contribution >= 0.6 is 0 Å². The van der Waals surface area contributed by atoms with Crippen LogP contribution in [0.3, 0.4) is 0 Å². The molecule has 1 heterocycles. The summed E-state index contributed by atoms with van der Waals surface area (Å²) in [6, 6.07) is 22.8. The minimum absolute atomic E-state index is 0.0996. The molecule has 1 N–H and O–H groups in total. The second-order valence-electron chi connectivity index (χ2n) is 8.40. The van der Waals surface area contributed by atoms with Crippen LogP contribution in [-0.4, -0.2) is 33.3 Å². The molecule has 1 aliphatic rings. The molecular formula is C27H29N3O4S. The van der Waals surface area contributed by atoms with Gasteiger partial charge >= 0.3 is 0 Å². The number of hydrogen-bond acceptors (Lipinski definition) is 4. The number of sulfonamides is 1. The second kappa shape index (κ2) is 10.7. The van der Waals surface area contributed by atoms with Gasteiger partial charge in [0.2, 0.25) is 11.8 Å². The summed E-state index contributed by atoms with van der Waals surface area (Å²) in [5.41, 5.74) is 2.97. The molecule has 182 valence electrons. The first-order valence-corrected chi connectivity index (χ1v) is 13.2. The van der Waals surface area contributed by atoms with Gasteiger partial charge in [0.1, 0.15) is 6.54 Å². The van der Waals surface area contributed by atoms with Gasteiger partial charge in [-0.2, -0.15) is 0 Å². The van der Waals surface area contributed by atoms with E-state index in [-0.39, 0.29) is 23.9 Å². The number of carbonyl (C=O) groups excluding carboxylic acids is 2. The molecule has 0 aromatic heterocycles. The van der Waals surface area contributed by atoms with E-state index in [0.29, 0.717) is 25.1 Å². The molecule has 0 unspecified atom stereocenters. The average Bonchev–Trinajstić information content (AvgIpc) is 3.32. The van der Waals surface area contributed by atoms with Gasteiger partial charge in [-0.25, -0.2) is 8.42 Å². The van der Waals surface area contributed by atoms with Crippen molar-refractivity contribution in [1.29, 1.82) is 0 Å². The monoisotopic (exact) mass is 491 g/mol. The van der Waals surface area contributed by atoms with E-state index in [1.165, 1.54) is 16.4 Å². The summed E-state index contributed by atoms with van der Waals surface area (Å²) < 4.78 is 28.3. The predicted molar refractivity (Wildman–Crippen MR) is 137 cm³/mol. The number of hydrogen-bond donors (Lipinski definition) is 1. The van der Waals surface area contributed by atoms with Crippen LogP contribution in [0.15, 0.2) is 83.8 Å².